The fourth-order valence-electron chi connectivity index (χ4n) is 3.53. The van der Waals surface area contributed by atoms with Gasteiger partial charge in [-0.1, -0.05) is 81.1 Å². The van der Waals surface area contributed by atoms with Crippen molar-refractivity contribution in [2.75, 3.05) is 0 Å². The summed E-state index contributed by atoms with van der Waals surface area (Å²) in [5, 5.41) is 10.4. The molecule has 1 N–H and O–H groups in total. The number of sulfone groups is 1. The molecule has 148 valence electrons. The van der Waals surface area contributed by atoms with Crippen LogP contribution in [0.3, 0.4) is 0 Å². The quantitative estimate of drug-likeness (QED) is 0.539. The number of unbranched alkanes of at least 4 members (excludes halogenated alkanes) is 3. The van der Waals surface area contributed by atoms with Crippen LogP contribution in [0.5, 0.6) is 0 Å². The first-order valence-electron chi connectivity index (χ1n) is 9.93. The van der Waals surface area contributed by atoms with Crippen molar-refractivity contribution in [3.05, 3.63) is 66.2 Å². The minimum atomic E-state index is -3.60. The van der Waals surface area contributed by atoms with Gasteiger partial charge in [0.15, 0.2) is 9.84 Å². The van der Waals surface area contributed by atoms with Gasteiger partial charge < -0.3 is 5.11 Å². The fourth-order valence-corrected chi connectivity index (χ4v) is 5.66. The third-order valence-electron chi connectivity index (χ3n) is 5.22. The smallest absolute Gasteiger partial charge is 0.184 e. The molecule has 3 nitrogen and oxygen atoms in total. The summed E-state index contributed by atoms with van der Waals surface area (Å²) >= 11 is 0. The molecule has 27 heavy (non-hydrogen) atoms. The Kier molecular flexibility index (Phi) is 8.06. The molecule has 0 radical (unpaired) electrons. The number of hydrogen-bond acceptors (Lipinski definition) is 3. The van der Waals surface area contributed by atoms with Gasteiger partial charge in [-0.3, -0.25) is 0 Å². The molecule has 0 aliphatic carbocycles. The van der Waals surface area contributed by atoms with Crippen LogP contribution >= 0.6 is 0 Å². The predicted octanol–water partition coefficient (Wildman–Crippen LogP) is 5.18. The molecule has 2 unspecified atom stereocenters. The van der Waals surface area contributed by atoms with Gasteiger partial charge in [0.25, 0.3) is 0 Å². The van der Waals surface area contributed by atoms with E-state index >= 15 is 0 Å². The molecule has 2 aromatic carbocycles. The zero-order valence-corrected chi connectivity index (χ0v) is 17.3. The Hall–Kier alpha value is -1.65. The Morgan fingerprint density at radius 3 is 2.11 bits per heavy atom. The largest absolute Gasteiger partial charge is 0.389 e. The molecule has 0 saturated carbocycles. The van der Waals surface area contributed by atoms with Crippen molar-refractivity contribution in [2.24, 2.45) is 0 Å². The topological polar surface area (TPSA) is 54.4 Å². The highest BCUT2D eigenvalue weighted by Gasteiger charge is 2.41. The molecule has 0 amide bonds. The van der Waals surface area contributed by atoms with E-state index in [0.717, 1.165) is 31.2 Å². The van der Waals surface area contributed by atoms with Crippen LogP contribution in [-0.2, 0) is 16.3 Å². The minimum absolute atomic E-state index is 0.297. The van der Waals surface area contributed by atoms with Crippen LogP contribution in [0.1, 0.15) is 57.9 Å². The van der Waals surface area contributed by atoms with Crippen molar-refractivity contribution >= 4 is 9.84 Å². The van der Waals surface area contributed by atoms with Crippen molar-refractivity contribution in [1.82, 2.24) is 0 Å². The molecule has 4 heteroatoms. The molecule has 0 saturated heterocycles. The normalized spacial score (nSPS) is 15.2. The summed E-state index contributed by atoms with van der Waals surface area (Å²) in [6, 6.07) is 18.4. The monoisotopic (exact) mass is 388 g/mol. The standard InChI is InChI=1S/C23H32O3S/c1-3-4-5-12-17-22(27(25,26)21-15-10-7-11-16-21)23(2,24)19-18-20-13-8-6-9-14-20/h6-11,13-16,22,24H,3-5,12,17-19H2,1-2H3. The summed E-state index contributed by atoms with van der Waals surface area (Å²) in [7, 11) is -3.60. The van der Waals surface area contributed by atoms with E-state index in [4.69, 9.17) is 0 Å². The molecule has 0 spiro atoms. The SMILES string of the molecule is CCCCCCC(C(C)(O)CCc1ccccc1)S(=O)(=O)c1ccccc1. The van der Waals surface area contributed by atoms with E-state index in [1.165, 1.54) is 0 Å². The van der Waals surface area contributed by atoms with E-state index in [2.05, 4.69) is 6.92 Å². The molecular weight excluding hydrogens is 356 g/mol. The Morgan fingerprint density at radius 2 is 1.52 bits per heavy atom. The van der Waals surface area contributed by atoms with Crippen molar-refractivity contribution < 1.29 is 13.5 Å². The van der Waals surface area contributed by atoms with E-state index in [1.807, 2.05) is 36.4 Å². The summed E-state index contributed by atoms with van der Waals surface area (Å²) in [5.74, 6) is 0. The van der Waals surface area contributed by atoms with Crippen molar-refractivity contribution in [1.29, 1.82) is 0 Å². The number of rotatable bonds is 11. The van der Waals surface area contributed by atoms with Crippen molar-refractivity contribution in [2.45, 2.75) is 74.5 Å². The second-order valence-electron chi connectivity index (χ2n) is 7.54. The Labute approximate surface area is 164 Å². The second kappa shape index (κ2) is 10.0. The van der Waals surface area contributed by atoms with E-state index in [0.29, 0.717) is 24.2 Å². The first-order valence-corrected chi connectivity index (χ1v) is 11.5. The number of aryl methyl sites for hydroxylation is 1. The van der Waals surface area contributed by atoms with Crippen LogP contribution in [0.4, 0.5) is 0 Å². The van der Waals surface area contributed by atoms with Gasteiger partial charge in [-0.25, -0.2) is 8.42 Å². The summed E-state index contributed by atoms with van der Waals surface area (Å²) in [4.78, 5) is 0.297. The fraction of sp³-hybridized carbons (Fsp3) is 0.478. The zero-order valence-electron chi connectivity index (χ0n) is 16.5. The van der Waals surface area contributed by atoms with Crippen LogP contribution in [0, 0.1) is 0 Å². The van der Waals surface area contributed by atoms with E-state index in [-0.39, 0.29) is 0 Å². The van der Waals surface area contributed by atoms with Gasteiger partial charge in [0, 0.05) is 0 Å². The lowest BCUT2D eigenvalue weighted by atomic mass is 9.90. The van der Waals surface area contributed by atoms with Crippen molar-refractivity contribution in [3.8, 4) is 0 Å². The molecule has 0 heterocycles. The molecule has 2 rings (SSSR count). The lowest BCUT2D eigenvalue weighted by molar-refractivity contribution is 0.0431. The highest BCUT2D eigenvalue weighted by atomic mass is 32.2. The molecule has 0 aromatic heterocycles. The van der Waals surface area contributed by atoms with E-state index in [1.54, 1.807) is 31.2 Å². The van der Waals surface area contributed by atoms with Crippen LogP contribution in [-0.4, -0.2) is 24.4 Å². The minimum Gasteiger partial charge on any atom is -0.389 e. The summed E-state index contributed by atoms with van der Waals surface area (Å²) < 4.78 is 26.6. The Morgan fingerprint density at radius 1 is 0.926 bits per heavy atom. The highest BCUT2D eigenvalue weighted by molar-refractivity contribution is 7.92. The number of hydrogen-bond donors (Lipinski definition) is 1. The van der Waals surface area contributed by atoms with E-state index < -0.39 is 20.7 Å². The third kappa shape index (κ3) is 6.18. The van der Waals surface area contributed by atoms with Gasteiger partial charge in [0.05, 0.1) is 15.7 Å². The van der Waals surface area contributed by atoms with Crippen LogP contribution in [0.25, 0.3) is 0 Å². The Bertz CT molecular complexity index is 768. The average molecular weight is 389 g/mol. The zero-order chi connectivity index (χ0) is 19.8. The second-order valence-corrected chi connectivity index (χ2v) is 9.67. The summed E-state index contributed by atoms with van der Waals surface area (Å²) in [6.07, 6.45) is 5.55. The molecule has 2 atom stereocenters. The molecule has 0 fully saturated rings. The first-order chi connectivity index (χ1) is 12.9. The summed E-state index contributed by atoms with van der Waals surface area (Å²) in [6.45, 7) is 3.81. The van der Waals surface area contributed by atoms with E-state index in [9.17, 15) is 13.5 Å². The lowest BCUT2D eigenvalue weighted by Crippen LogP contribution is -2.45. The van der Waals surface area contributed by atoms with Gasteiger partial charge in [0.2, 0.25) is 0 Å². The van der Waals surface area contributed by atoms with Crippen LogP contribution in [0.15, 0.2) is 65.6 Å². The Balaban J connectivity index is 2.21. The maximum absolute atomic E-state index is 13.3. The van der Waals surface area contributed by atoms with Gasteiger partial charge in [-0.2, -0.15) is 0 Å². The van der Waals surface area contributed by atoms with Gasteiger partial charge in [-0.05, 0) is 43.9 Å². The molecule has 2 aromatic rings. The molecule has 0 aliphatic rings. The maximum atomic E-state index is 13.3. The van der Waals surface area contributed by atoms with Gasteiger partial charge in [0.1, 0.15) is 0 Å². The average Bonchev–Trinajstić information content (AvgIpc) is 2.67. The number of benzene rings is 2. The van der Waals surface area contributed by atoms with Crippen LogP contribution < -0.4 is 0 Å². The maximum Gasteiger partial charge on any atom is 0.184 e. The number of aliphatic hydroxyl groups is 1. The van der Waals surface area contributed by atoms with Crippen LogP contribution in [0.2, 0.25) is 0 Å². The third-order valence-corrected chi connectivity index (χ3v) is 7.64. The molecule has 0 aliphatic heterocycles. The first kappa shape index (κ1) is 21.6. The highest BCUT2D eigenvalue weighted by Crippen LogP contribution is 2.32. The molecular formula is C23H32O3S. The summed E-state index contributed by atoms with van der Waals surface area (Å²) in [5.41, 5.74) is -0.170. The van der Waals surface area contributed by atoms with Gasteiger partial charge in [-0.15, -0.1) is 0 Å². The van der Waals surface area contributed by atoms with Crippen molar-refractivity contribution in [3.63, 3.8) is 0 Å². The lowest BCUT2D eigenvalue weighted by Gasteiger charge is -2.33. The van der Waals surface area contributed by atoms with Gasteiger partial charge >= 0.3 is 0 Å². The predicted molar refractivity (Wildman–Crippen MR) is 112 cm³/mol. The molecule has 0 bridgehead atoms.